The standard InChI is InChI=1S/C7H16NO2P.C7H6O2/c1-9-11(2)6-7-5-8-3-4-10-7;8-7(9)6-4-2-1-3-5-6/h7-8H,3-6H2,1-2H3;1-5H,(H,8,9). The first-order chi connectivity index (χ1) is 9.63. The largest absolute Gasteiger partial charge is 0.478 e. The maximum atomic E-state index is 10.2. The summed E-state index contributed by atoms with van der Waals surface area (Å²) in [6, 6.07) is 8.30. The highest BCUT2D eigenvalue weighted by Crippen LogP contribution is 2.31. The fraction of sp³-hybridized carbons (Fsp3) is 0.500. The summed E-state index contributed by atoms with van der Waals surface area (Å²) in [5.74, 6) is -0.879. The summed E-state index contributed by atoms with van der Waals surface area (Å²) in [6.07, 6.45) is 1.43. The number of carboxylic acids is 1. The first kappa shape index (κ1) is 17.1. The van der Waals surface area contributed by atoms with Gasteiger partial charge in [0.15, 0.2) is 0 Å². The molecule has 20 heavy (non-hydrogen) atoms. The summed E-state index contributed by atoms with van der Waals surface area (Å²) in [5, 5.41) is 11.7. The summed E-state index contributed by atoms with van der Waals surface area (Å²) in [5.41, 5.74) is 0.331. The third kappa shape index (κ3) is 6.96. The maximum absolute atomic E-state index is 10.2. The van der Waals surface area contributed by atoms with Crippen molar-refractivity contribution in [3.63, 3.8) is 0 Å². The Morgan fingerprint density at radius 3 is 2.65 bits per heavy atom. The minimum atomic E-state index is -0.879. The van der Waals surface area contributed by atoms with Crippen molar-refractivity contribution >= 4 is 14.1 Å². The topological polar surface area (TPSA) is 67.8 Å². The highest BCUT2D eigenvalue weighted by Gasteiger charge is 2.15. The number of morpholine rings is 1. The molecule has 0 aliphatic carbocycles. The second kappa shape index (κ2) is 9.83. The Morgan fingerprint density at radius 1 is 1.50 bits per heavy atom. The number of ether oxygens (including phenoxy) is 1. The molecule has 6 heteroatoms. The minimum absolute atomic E-state index is 0.266. The molecule has 1 aliphatic rings. The number of hydrogen-bond acceptors (Lipinski definition) is 4. The van der Waals surface area contributed by atoms with Crippen LogP contribution in [0, 0.1) is 0 Å². The molecule has 2 atom stereocenters. The van der Waals surface area contributed by atoms with Crippen LogP contribution in [0.5, 0.6) is 0 Å². The minimum Gasteiger partial charge on any atom is -0.478 e. The van der Waals surface area contributed by atoms with E-state index in [-0.39, 0.29) is 8.15 Å². The number of aromatic carboxylic acids is 1. The SMILES string of the molecule is COP(C)CC1CNCCO1.O=C(O)c1ccccc1. The van der Waals surface area contributed by atoms with Crippen molar-refractivity contribution in [3.05, 3.63) is 35.9 Å². The first-order valence-electron chi connectivity index (χ1n) is 6.49. The molecule has 1 aromatic rings. The molecular formula is C14H22NO4P. The van der Waals surface area contributed by atoms with Gasteiger partial charge in [-0.25, -0.2) is 4.79 Å². The average Bonchev–Trinajstić information content (AvgIpc) is 2.49. The molecule has 2 N–H and O–H groups in total. The third-order valence-corrected chi connectivity index (χ3v) is 4.34. The zero-order valence-corrected chi connectivity index (χ0v) is 12.8. The van der Waals surface area contributed by atoms with E-state index < -0.39 is 5.97 Å². The predicted octanol–water partition coefficient (Wildman–Crippen LogP) is 2.03. The van der Waals surface area contributed by atoms with Gasteiger partial charge in [0.1, 0.15) is 0 Å². The normalized spacial score (nSPS) is 19.6. The van der Waals surface area contributed by atoms with E-state index in [1.54, 1.807) is 37.4 Å². The molecule has 2 rings (SSSR count). The Labute approximate surface area is 121 Å². The molecule has 0 spiro atoms. The number of rotatable bonds is 4. The molecule has 2 unspecified atom stereocenters. The monoisotopic (exact) mass is 299 g/mol. The Balaban J connectivity index is 0.000000204. The first-order valence-corrected chi connectivity index (χ1v) is 8.38. The number of benzene rings is 1. The van der Waals surface area contributed by atoms with Crippen molar-refractivity contribution in [2.75, 3.05) is 39.6 Å². The Kier molecular flexibility index (Phi) is 8.38. The summed E-state index contributed by atoms with van der Waals surface area (Å²) in [6.45, 7) is 4.95. The van der Waals surface area contributed by atoms with Crippen molar-refractivity contribution < 1.29 is 19.2 Å². The molecule has 5 nitrogen and oxygen atoms in total. The third-order valence-electron chi connectivity index (χ3n) is 2.80. The van der Waals surface area contributed by atoms with Gasteiger partial charge in [-0.3, -0.25) is 0 Å². The molecule has 0 amide bonds. The predicted molar refractivity (Wildman–Crippen MR) is 80.7 cm³/mol. The van der Waals surface area contributed by atoms with Crippen molar-refractivity contribution in [2.45, 2.75) is 6.10 Å². The number of carbonyl (C=O) groups is 1. The molecule has 112 valence electrons. The van der Waals surface area contributed by atoms with E-state index in [1.807, 2.05) is 0 Å². The van der Waals surface area contributed by atoms with Crippen LogP contribution in [0.2, 0.25) is 0 Å². The van der Waals surface area contributed by atoms with Crippen LogP contribution < -0.4 is 5.32 Å². The molecule has 1 aliphatic heterocycles. The molecule has 0 aromatic heterocycles. The van der Waals surface area contributed by atoms with Crippen LogP contribution in [0.25, 0.3) is 0 Å². The number of carboxylic acid groups (broad SMARTS) is 1. The Morgan fingerprint density at radius 2 is 2.20 bits per heavy atom. The zero-order valence-electron chi connectivity index (χ0n) is 11.9. The molecule has 0 bridgehead atoms. The van der Waals surface area contributed by atoms with Gasteiger partial charge < -0.3 is 19.7 Å². The van der Waals surface area contributed by atoms with E-state index in [1.165, 1.54) is 0 Å². The highest BCUT2D eigenvalue weighted by atomic mass is 31.1. The molecule has 0 saturated carbocycles. The maximum Gasteiger partial charge on any atom is 0.335 e. The van der Waals surface area contributed by atoms with Crippen LogP contribution in [-0.2, 0) is 9.26 Å². The molecule has 1 aromatic carbocycles. The van der Waals surface area contributed by atoms with Gasteiger partial charge in [-0.2, -0.15) is 0 Å². The van der Waals surface area contributed by atoms with E-state index in [0.29, 0.717) is 11.7 Å². The van der Waals surface area contributed by atoms with Gasteiger partial charge in [0, 0.05) is 34.5 Å². The number of nitrogens with one attached hydrogen (secondary N) is 1. The van der Waals surface area contributed by atoms with E-state index in [9.17, 15) is 4.79 Å². The molecular weight excluding hydrogens is 277 g/mol. The summed E-state index contributed by atoms with van der Waals surface area (Å²) >= 11 is 0. The van der Waals surface area contributed by atoms with Crippen LogP contribution >= 0.6 is 8.15 Å². The second-order valence-electron chi connectivity index (χ2n) is 4.36. The van der Waals surface area contributed by atoms with Crippen molar-refractivity contribution in [1.82, 2.24) is 5.32 Å². The van der Waals surface area contributed by atoms with Crippen LogP contribution in [0.1, 0.15) is 10.4 Å². The van der Waals surface area contributed by atoms with Gasteiger partial charge in [0.2, 0.25) is 0 Å². The van der Waals surface area contributed by atoms with Gasteiger partial charge in [0.25, 0.3) is 0 Å². The smallest absolute Gasteiger partial charge is 0.335 e. The van der Waals surface area contributed by atoms with Crippen molar-refractivity contribution in [1.29, 1.82) is 0 Å². The Bertz CT molecular complexity index is 382. The van der Waals surface area contributed by atoms with E-state index in [2.05, 4.69) is 12.0 Å². The number of hydrogen-bond donors (Lipinski definition) is 2. The zero-order chi connectivity index (χ0) is 14.8. The quantitative estimate of drug-likeness (QED) is 0.833. The lowest BCUT2D eigenvalue weighted by Crippen LogP contribution is -2.40. The lowest BCUT2D eigenvalue weighted by Gasteiger charge is -2.25. The van der Waals surface area contributed by atoms with E-state index in [4.69, 9.17) is 14.4 Å². The lowest BCUT2D eigenvalue weighted by molar-refractivity contribution is 0.0425. The lowest BCUT2D eigenvalue weighted by atomic mass is 10.2. The van der Waals surface area contributed by atoms with Crippen LogP contribution in [0.3, 0.4) is 0 Å². The van der Waals surface area contributed by atoms with Crippen molar-refractivity contribution in [2.24, 2.45) is 0 Å². The second-order valence-corrected chi connectivity index (χ2v) is 6.35. The fourth-order valence-electron chi connectivity index (χ4n) is 1.68. The average molecular weight is 299 g/mol. The summed E-state index contributed by atoms with van der Waals surface area (Å²) in [7, 11) is 1.50. The summed E-state index contributed by atoms with van der Waals surface area (Å²) < 4.78 is 10.7. The van der Waals surface area contributed by atoms with Crippen molar-refractivity contribution in [3.8, 4) is 0 Å². The molecule has 1 fully saturated rings. The van der Waals surface area contributed by atoms with Crippen LogP contribution in [-0.4, -0.2) is 56.8 Å². The van der Waals surface area contributed by atoms with E-state index >= 15 is 0 Å². The fourth-order valence-corrected chi connectivity index (χ4v) is 2.64. The van der Waals surface area contributed by atoms with Crippen LogP contribution in [0.4, 0.5) is 0 Å². The Hall–Kier alpha value is -1.00. The summed E-state index contributed by atoms with van der Waals surface area (Å²) in [4.78, 5) is 10.2. The van der Waals surface area contributed by atoms with Crippen LogP contribution in [0.15, 0.2) is 30.3 Å². The van der Waals surface area contributed by atoms with Gasteiger partial charge in [0.05, 0.1) is 18.3 Å². The molecule has 1 saturated heterocycles. The van der Waals surface area contributed by atoms with Gasteiger partial charge in [-0.1, -0.05) is 18.2 Å². The van der Waals surface area contributed by atoms with E-state index in [0.717, 1.165) is 25.9 Å². The molecule has 1 heterocycles. The highest BCUT2D eigenvalue weighted by molar-refractivity contribution is 7.51. The van der Waals surface area contributed by atoms with Gasteiger partial charge in [-0.15, -0.1) is 0 Å². The van der Waals surface area contributed by atoms with Gasteiger partial charge >= 0.3 is 5.97 Å². The van der Waals surface area contributed by atoms with Gasteiger partial charge in [-0.05, 0) is 18.8 Å². The molecule has 0 radical (unpaired) electrons.